The van der Waals surface area contributed by atoms with Gasteiger partial charge < -0.3 is 5.32 Å². The zero-order valence-electron chi connectivity index (χ0n) is 16.4. The molecule has 2 aromatic heterocycles. The number of amides is 1. The maximum absolute atomic E-state index is 12.5. The second kappa shape index (κ2) is 8.17. The molecule has 146 valence electrons. The third-order valence-electron chi connectivity index (χ3n) is 4.95. The van der Waals surface area contributed by atoms with Crippen LogP contribution in [0, 0.1) is 20.8 Å². The van der Waals surface area contributed by atoms with Crippen molar-refractivity contribution in [3.63, 3.8) is 0 Å². The molecule has 1 fully saturated rings. The van der Waals surface area contributed by atoms with E-state index in [0.717, 1.165) is 34.0 Å². The summed E-state index contributed by atoms with van der Waals surface area (Å²) in [5.41, 5.74) is 7.08. The SMILES string of the molecule is Cc1cc2nc(C)c(CCC(=O)Nc3cccc(C4SCCS4)c3)c(C)n2n1. The van der Waals surface area contributed by atoms with Gasteiger partial charge in [0, 0.05) is 41.1 Å². The maximum Gasteiger partial charge on any atom is 0.224 e. The first kappa shape index (κ1) is 19.3. The van der Waals surface area contributed by atoms with Gasteiger partial charge in [-0.25, -0.2) is 9.50 Å². The number of nitrogens with one attached hydrogen (secondary N) is 1. The highest BCUT2D eigenvalue weighted by Crippen LogP contribution is 2.45. The molecule has 0 radical (unpaired) electrons. The second-order valence-electron chi connectivity index (χ2n) is 7.06. The predicted molar refractivity (Wildman–Crippen MR) is 118 cm³/mol. The molecule has 0 aliphatic carbocycles. The number of fused-ring (bicyclic) bond motifs is 1. The molecule has 1 saturated heterocycles. The molecule has 0 atom stereocenters. The van der Waals surface area contributed by atoms with Gasteiger partial charge in [0.25, 0.3) is 0 Å². The van der Waals surface area contributed by atoms with Crippen molar-refractivity contribution in [1.82, 2.24) is 14.6 Å². The van der Waals surface area contributed by atoms with Gasteiger partial charge >= 0.3 is 0 Å². The summed E-state index contributed by atoms with van der Waals surface area (Å²) >= 11 is 3.94. The Morgan fingerprint density at radius 2 is 2.00 bits per heavy atom. The summed E-state index contributed by atoms with van der Waals surface area (Å²) in [4.78, 5) is 17.2. The molecule has 0 spiro atoms. The van der Waals surface area contributed by atoms with Gasteiger partial charge in [-0.15, -0.1) is 23.5 Å². The largest absolute Gasteiger partial charge is 0.326 e. The first-order valence-electron chi connectivity index (χ1n) is 9.47. The van der Waals surface area contributed by atoms with E-state index in [2.05, 4.69) is 27.5 Å². The summed E-state index contributed by atoms with van der Waals surface area (Å²) < 4.78 is 2.35. The lowest BCUT2D eigenvalue weighted by Crippen LogP contribution is -2.14. The number of aromatic nitrogens is 3. The van der Waals surface area contributed by atoms with E-state index >= 15 is 0 Å². The van der Waals surface area contributed by atoms with Crippen LogP contribution in [-0.4, -0.2) is 32.0 Å². The van der Waals surface area contributed by atoms with Crippen LogP contribution in [-0.2, 0) is 11.2 Å². The highest BCUT2D eigenvalue weighted by molar-refractivity contribution is 8.19. The molecular formula is C21H24N4OS2. The summed E-state index contributed by atoms with van der Waals surface area (Å²) in [7, 11) is 0. The van der Waals surface area contributed by atoms with Crippen LogP contribution in [0.1, 0.15) is 39.2 Å². The molecule has 0 bridgehead atoms. The molecule has 1 aromatic carbocycles. The van der Waals surface area contributed by atoms with E-state index in [1.54, 1.807) is 0 Å². The minimum absolute atomic E-state index is 0.0272. The van der Waals surface area contributed by atoms with E-state index in [0.29, 0.717) is 17.4 Å². The molecule has 4 rings (SSSR count). The van der Waals surface area contributed by atoms with Crippen molar-refractivity contribution in [3.05, 3.63) is 58.5 Å². The molecule has 3 aromatic rings. The van der Waals surface area contributed by atoms with Crippen LogP contribution >= 0.6 is 23.5 Å². The lowest BCUT2D eigenvalue weighted by Gasteiger charge is -2.13. The van der Waals surface area contributed by atoms with Crippen LogP contribution in [0.15, 0.2) is 30.3 Å². The van der Waals surface area contributed by atoms with E-state index < -0.39 is 0 Å². The van der Waals surface area contributed by atoms with Gasteiger partial charge in [0.05, 0.1) is 10.3 Å². The molecule has 0 saturated carbocycles. The molecule has 0 unspecified atom stereocenters. The van der Waals surface area contributed by atoms with E-state index in [-0.39, 0.29) is 5.91 Å². The summed E-state index contributed by atoms with van der Waals surface area (Å²) in [6, 6.07) is 10.2. The molecule has 1 aliphatic heterocycles. The zero-order valence-corrected chi connectivity index (χ0v) is 18.0. The van der Waals surface area contributed by atoms with Crippen LogP contribution in [0.4, 0.5) is 5.69 Å². The van der Waals surface area contributed by atoms with Gasteiger partial charge in [0.15, 0.2) is 5.65 Å². The van der Waals surface area contributed by atoms with Crippen LogP contribution < -0.4 is 5.32 Å². The van der Waals surface area contributed by atoms with Gasteiger partial charge in [0.2, 0.25) is 5.91 Å². The van der Waals surface area contributed by atoms with Crippen molar-refractivity contribution in [1.29, 1.82) is 0 Å². The van der Waals surface area contributed by atoms with Gasteiger partial charge in [-0.2, -0.15) is 5.10 Å². The summed E-state index contributed by atoms with van der Waals surface area (Å²) in [5.74, 6) is 2.41. The molecule has 1 aliphatic rings. The molecule has 3 heterocycles. The Morgan fingerprint density at radius 3 is 2.79 bits per heavy atom. The topological polar surface area (TPSA) is 59.3 Å². The third-order valence-corrected chi connectivity index (χ3v) is 8.06. The van der Waals surface area contributed by atoms with Crippen LogP contribution in [0.5, 0.6) is 0 Å². The Morgan fingerprint density at radius 1 is 1.21 bits per heavy atom. The Kier molecular flexibility index (Phi) is 5.64. The van der Waals surface area contributed by atoms with Gasteiger partial charge in [-0.1, -0.05) is 12.1 Å². The summed E-state index contributed by atoms with van der Waals surface area (Å²) in [5, 5.41) is 7.56. The predicted octanol–water partition coefficient (Wildman–Crippen LogP) is 4.70. The van der Waals surface area contributed by atoms with Crippen molar-refractivity contribution in [2.24, 2.45) is 0 Å². The van der Waals surface area contributed by atoms with Gasteiger partial charge in [0.1, 0.15) is 0 Å². The Labute approximate surface area is 173 Å². The quantitative estimate of drug-likeness (QED) is 0.658. The highest BCUT2D eigenvalue weighted by Gasteiger charge is 2.18. The van der Waals surface area contributed by atoms with E-state index in [1.165, 1.54) is 17.1 Å². The Hall–Kier alpha value is -1.99. The molecule has 7 heteroatoms. The van der Waals surface area contributed by atoms with Crippen molar-refractivity contribution >= 4 is 40.8 Å². The number of hydrogen-bond donors (Lipinski definition) is 1. The van der Waals surface area contributed by atoms with E-state index in [1.807, 2.05) is 67.0 Å². The molecule has 1 N–H and O–H groups in total. The number of anilines is 1. The number of carbonyl (C=O) groups is 1. The van der Waals surface area contributed by atoms with Crippen molar-refractivity contribution in [3.8, 4) is 0 Å². The minimum atomic E-state index is 0.0272. The van der Waals surface area contributed by atoms with Crippen molar-refractivity contribution in [2.75, 3.05) is 16.8 Å². The maximum atomic E-state index is 12.5. The summed E-state index contributed by atoms with van der Waals surface area (Å²) in [6.07, 6.45) is 1.08. The van der Waals surface area contributed by atoms with Crippen molar-refractivity contribution in [2.45, 2.75) is 38.2 Å². The number of thioether (sulfide) groups is 2. The first-order valence-corrected chi connectivity index (χ1v) is 11.6. The average Bonchev–Trinajstić information content (AvgIpc) is 3.31. The number of aryl methyl sites for hydroxylation is 3. The second-order valence-corrected chi connectivity index (χ2v) is 9.79. The number of nitrogens with zero attached hydrogens (tertiary/aromatic N) is 3. The third kappa shape index (κ3) is 4.05. The number of benzene rings is 1. The fourth-order valence-corrected chi connectivity index (χ4v) is 6.42. The van der Waals surface area contributed by atoms with E-state index in [9.17, 15) is 4.79 Å². The molecule has 28 heavy (non-hydrogen) atoms. The Bertz CT molecular complexity index is 1020. The first-order chi connectivity index (χ1) is 13.5. The number of rotatable bonds is 5. The smallest absolute Gasteiger partial charge is 0.224 e. The normalized spacial score (nSPS) is 14.7. The molecular weight excluding hydrogens is 388 g/mol. The van der Waals surface area contributed by atoms with Gasteiger partial charge in [-0.05, 0) is 50.5 Å². The zero-order chi connectivity index (χ0) is 19.7. The number of hydrogen-bond acceptors (Lipinski definition) is 5. The Balaban J connectivity index is 1.44. The lowest BCUT2D eigenvalue weighted by atomic mass is 10.1. The molecule has 5 nitrogen and oxygen atoms in total. The van der Waals surface area contributed by atoms with E-state index in [4.69, 9.17) is 0 Å². The number of carbonyl (C=O) groups excluding carboxylic acids is 1. The standard InChI is InChI=1S/C21H24N4OS2/c1-13-11-19-22-14(2)18(15(3)25(19)24-13)7-8-20(26)23-17-6-4-5-16(12-17)21-27-9-10-28-21/h4-6,11-12,21H,7-10H2,1-3H3,(H,23,26). The van der Waals surface area contributed by atoms with Crippen LogP contribution in [0.3, 0.4) is 0 Å². The monoisotopic (exact) mass is 412 g/mol. The van der Waals surface area contributed by atoms with Gasteiger partial charge in [-0.3, -0.25) is 4.79 Å². The highest BCUT2D eigenvalue weighted by atomic mass is 32.2. The fourth-order valence-electron chi connectivity index (χ4n) is 3.58. The molecule has 1 amide bonds. The van der Waals surface area contributed by atoms with Crippen molar-refractivity contribution < 1.29 is 4.79 Å². The minimum Gasteiger partial charge on any atom is -0.326 e. The fraction of sp³-hybridized carbons (Fsp3) is 0.381. The van der Waals surface area contributed by atoms with Crippen LogP contribution in [0.25, 0.3) is 5.65 Å². The summed E-state index contributed by atoms with van der Waals surface area (Å²) in [6.45, 7) is 6.01. The average molecular weight is 413 g/mol. The van der Waals surface area contributed by atoms with Crippen LogP contribution in [0.2, 0.25) is 0 Å². The lowest BCUT2D eigenvalue weighted by molar-refractivity contribution is -0.116.